The summed E-state index contributed by atoms with van der Waals surface area (Å²) in [4.78, 5) is 14.7. The summed E-state index contributed by atoms with van der Waals surface area (Å²) >= 11 is 0. The summed E-state index contributed by atoms with van der Waals surface area (Å²) in [5.74, 6) is 1.49. The molecular weight excluding hydrogens is 264 g/mol. The molecule has 4 heteroatoms. The highest BCUT2D eigenvalue weighted by Crippen LogP contribution is 2.25. The Bertz CT molecular complexity index is 474. The first-order valence-electron chi connectivity index (χ1n) is 7.73. The third-order valence-corrected chi connectivity index (χ3v) is 4.29. The van der Waals surface area contributed by atoms with E-state index in [1.54, 1.807) is 7.11 Å². The molecule has 116 valence electrons. The Morgan fingerprint density at radius 2 is 2.33 bits per heavy atom. The number of carbonyl (C=O) groups is 1. The molecule has 1 amide bonds. The topological polar surface area (TPSA) is 41.6 Å². The van der Waals surface area contributed by atoms with E-state index in [0.29, 0.717) is 5.92 Å². The van der Waals surface area contributed by atoms with Gasteiger partial charge in [0.15, 0.2) is 0 Å². The van der Waals surface area contributed by atoms with Gasteiger partial charge in [0.05, 0.1) is 13.0 Å². The Kier molecular flexibility index (Phi) is 5.62. The number of ether oxygens (including phenoxy) is 1. The Labute approximate surface area is 127 Å². The number of methoxy groups -OCH3 is 1. The molecule has 0 aliphatic carbocycles. The second-order valence-electron chi connectivity index (χ2n) is 5.85. The first kappa shape index (κ1) is 15.8. The SMILES string of the molecule is CNCC1CCCN(C(=O)C(C)c2cccc(OC)c2)C1. The van der Waals surface area contributed by atoms with Gasteiger partial charge in [0.1, 0.15) is 5.75 Å². The number of hydrogen-bond acceptors (Lipinski definition) is 3. The molecule has 1 aliphatic rings. The molecule has 1 aliphatic heterocycles. The molecule has 0 saturated carbocycles. The van der Waals surface area contributed by atoms with Gasteiger partial charge in [-0.3, -0.25) is 4.79 Å². The van der Waals surface area contributed by atoms with Crippen molar-refractivity contribution in [2.75, 3.05) is 33.8 Å². The first-order valence-corrected chi connectivity index (χ1v) is 7.73. The largest absolute Gasteiger partial charge is 0.497 e. The van der Waals surface area contributed by atoms with Crippen molar-refractivity contribution >= 4 is 5.91 Å². The first-order chi connectivity index (χ1) is 10.2. The van der Waals surface area contributed by atoms with Crippen LogP contribution in [0, 0.1) is 5.92 Å². The molecule has 2 rings (SSSR count). The molecule has 1 fully saturated rings. The fraction of sp³-hybridized carbons (Fsp3) is 0.588. The summed E-state index contributed by atoms with van der Waals surface area (Å²) in [7, 11) is 3.62. The van der Waals surface area contributed by atoms with Gasteiger partial charge in [0, 0.05) is 13.1 Å². The minimum absolute atomic E-state index is 0.117. The van der Waals surface area contributed by atoms with Crippen molar-refractivity contribution in [1.29, 1.82) is 0 Å². The summed E-state index contributed by atoms with van der Waals surface area (Å²) in [6.07, 6.45) is 2.31. The van der Waals surface area contributed by atoms with Crippen molar-refractivity contribution in [1.82, 2.24) is 10.2 Å². The Balaban J connectivity index is 2.04. The smallest absolute Gasteiger partial charge is 0.229 e. The van der Waals surface area contributed by atoms with Crippen molar-refractivity contribution in [2.45, 2.75) is 25.7 Å². The summed E-state index contributed by atoms with van der Waals surface area (Å²) in [5.41, 5.74) is 1.02. The molecule has 1 N–H and O–H groups in total. The molecule has 2 unspecified atom stereocenters. The maximum absolute atomic E-state index is 12.7. The lowest BCUT2D eigenvalue weighted by Crippen LogP contribution is -2.44. The van der Waals surface area contributed by atoms with Crippen molar-refractivity contribution in [3.63, 3.8) is 0 Å². The highest BCUT2D eigenvalue weighted by atomic mass is 16.5. The fourth-order valence-corrected chi connectivity index (χ4v) is 3.05. The van der Waals surface area contributed by atoms with E-state index in [9.17, 15) is 4.79 Å². The minimum atomic E-state index is -0.117. The summed E-state index contributed by atoms with van der Waals surface area (Å²) < 4.78 is 5.25. The lowest BCUT2D eigenvalue weighted by molar-refractivity contribution is -0.134. The Morgan fingerprint density at radius 3 is 3.05 bits per heavy atom. The highest BCUT2D eigenvalue weighted by molar-refractivity contribution is 5.83. The Morgan fingerprint density at radius 1 is 1.52 bits per heavy atom. The van der Waals surface area contributed by atoms with Crippen LogP contribution >= 0.6 is 0 Å². The molecule has 0 radical (unpaired) electrons. The van der Waals surface area contributed by atoms with Crippen LogP contribution in [0.5, 0.6) is 5.75 Å². The molecule has 1 aromatic rings. The second kappa shape index (κ2) is 7.46. The van der Waals surface area contributed by atoms with Crippen molar-refractivity contribution in [3.8, 4) is 5.75 Å². The van der Waals surface area contributed by atoms with Crippen LogP contribution in [-0.2, 0) is 4.79 Å². The van der Waals surface area contributed by atoms with Gasteiger partial charge in [-0.25, -0.2) is 0 Å². The zero-order valence-electron chi connectivity index (χ0n) is 13.3. The van der Waals surface area contributed by atoms with Gasteiger partial charge in [-0.2, -0.15) is 0 Å². The third kappa shape index (κ3) is 3.97. The minimum Gasteiger partial charge on any atom is -0.497 e. The van der Waals surface area contributed by atoms with Crippen LogP contribution in [0.25, 0.3) is 0 Å². The van der Waals surface area contributed by atoms with Crippen LogP contribution in [-0.4, -0.2) is 44.6 Å². The quantitative estimate of drug-likeness (QED) is 0.904. The zero-order chi connectivity index (χ0) is 15.2. The average molecular weight is 290 g/mol. The van der Waals surface area contributed by atoms with E-state index in [1.807, 2.05) is 43.1 Å². The van der Waals surface area contributed by atoms with Gasteiger partial charge in [0.25, 0.3) is 0 Å². The standard InChI is InChI=1S/C17H26N2O2/c1-13(15-7-4-8-16(10-15)21-3)17(20)19-9-5-6-14(12-19)11-18-2/h4,7-8,10,13-14,18H,5-6,9,11-12H2,1-3H3. The molecule has 1 saturated heterocycles. The number of hydrogen-bond donors (Lipinski definition) is 1. The van der Waals surface area contributed by atoms with Gasteiger partial charge in [-0.15, -0.1) is 0 Å². The van der Waals surface area contributed by atoms with E-state index >= 15 is 0 Å². The van der Waals surface area contributed by atoms with Gasteiger partial charge in [-0.05, 0) is 57.0 Å². The van der Waals surface area contributed by atoms with E-state index in [2.05, 4.69) is 5.32 Å². The van der Waals surface area contributed by atoms with Crippen LogP contribution in [0.4, 0.5) is 0 Å². The van der Waals surface area contributed by atoms with E-state index in [1.165, 1.54) is 6.42 Å². The van der Waals surface area contributed by atoms with Crippen LogP contribution < -0.4 is 10.1 Å². The molecule has 0 aromatic heterocycles. The summed E-state index contributed by atoms with van der Waals surface area (Å²) in [5, 5.41) is 3.22. The lowest BCUT2D eigenvalue weighted by Gasteiger charge is -2.34. The lowest BCUT2D eigenvalue weighted by atomic mass is 9.94. The monoisotopic (exact) mass is 290 g/mol. The number of nitrogens with one attached hydrogen (secondary N) is 1. The molecule has 4 nitrogen and oxygen atoms in total. The van der Waals surface area contributed by atoms with Crippen LogP contribution in [0.2, 0.25) is 0 Å². The van der Waals surface area contributed by atoms with Crippen molar-refractivity contribution < 1.29 is 9.53 Å². The maximum Gasteiger partial charge on any atom is 0.229 e. The van der Waals surface area contributed by atoms with Crippen LogP contribution in [0.1, 0.15) is 31.2 Å². The van der Waals surface area contributed by atoms with Crippen LogP contribution in [0.15, 0.2) is 24.3 Å². The average Bonchev–Trinajstić information content (AvgIpc) is 2.54. The van der Waals surface area contributed by atoms with E-state index in [4.69, 9.17) is 4.74 Å². The molecule has 2 atom stereocenters. The predicted molar refractivity (Wildman–Crippen MR) is 84.6 cm³/mol. The van der Waals surface area contributed by atoms with Crippen molar-refractivity contribution in [3.05, 3.63) is 29.8 Å². The van der Waals surface area contributed by atoms with E-state index in [0.717, 1.165) is 37.4 Å². The molecule has 1 aromatic carbocycles. The molecular formula is C17H26N2O2. The molecule has 0 bridgehead atoms. The Hall–Kier alpha value is -1.55. The second-order valence-corrected chi connectivity index (χ2v) is 5.85. The van der Waals surface area contributed by atoms with Gasteiger partial charge in [0.2, 0.25) is 5.91 Å². The number of likely N-dealkylation sites (tertiary alicyclic amines) is 1. The van der Waals surface area contributed by atoms with Gasteiger partial charge >= 0.3 is 0 Å². The fourth-order valence-electron chi connectivity index (χ4n) is 3.05. The highest BCUT2D eigenvalue weighted by Gasteiger charge is 2.27. The number of nitrogens with zero attached hydrogens (tertiary/aromatic N) is 1. The van der Waals surface area contributed by atoms with E-state index in [-0.39, 0.29) is 11.8 Å². The third-order valence-electron chi connectivity index (χ3n) is 4.29. The van der Waals surface area contributed by atoms with Gasteiger partial charge in [-0.1, -0.05) is 12.1 Å². The maximum atomic E-state index is 12.7. The molecule has 1 heterocycles. The number of benzene rings is 1. The van der Waals surface area contributed by atoms with Crippen molar-refractivity contribution in [2.24, 2.45) is 5.92 Å². The zero-order valence-corrected chi connectivity index (χ0v) is 13.3. The van der Waals surface area contributed by atoms with Crippen LogP contribution in [0.3, 0.4) is 0 Å². The predicted octanol–water partition coefficient (Wildman–Crippen LogP) is 2.26. The molecule has 0 spiro atoms. The number of carbonyl (C=O) groups excluding carboxylic acids is 1. The van der Waals surface area contributed by atoms with E-state index < -0.39 is 0 Å². The summed E-state index contributed by atoms with van der Waals surface area (Å²) in [6, 6.07) is 7.81. The number of amides is 1. The number of rotatable bonds is 5. The normalized spacial score (nSPS) is 20.1. The van der Waals surface area contributed by atoms with Gasteiger partial charge < -0.3 is 15.0 Å². The number of piperidine rings is 1. The molecule has 21 heavy (non-hydrogen) atoms. The summed E-state index contributed by atoms with van der Waals surface area (Å²) in [6.45, 7) is 4.72.